The molecule has 8 nitrogen and oxygen atoms in total. The van der Waals surface area contributed by atoms with Crippen molar-refractivity contribution in [1.29, 1.82) is 0 Å². The standard InChI is InChI=1S/C25H22FN5O3S2/c26-20-8-4-5-9-22(20)35-29-12-10-17(15-29)31-23(16-32)28-21-14-27-25-19(24(21)31)11-13-30(25)36(33,34)18-6-2-1-3-7-18/h1-9,11,13-14,17,32H,10,12,15-16H2. The number of aromatic nitrogens is 4. The second kappa shape index (κ2) is 9.00. The molecule has 1 N–H and O–H groups in total. The van der Waals surface area contributed by atoms with Crippen molar-refractivity contribution in [1.82, 2.24) is 22.8 Å². The molecule has 0 bridgehead atoms. The van der Waals surface area contributed by atoms with E-state index in [-0.39, 0.29) is 23.4 Å². The van der Waals surface area contributed by atoms with E-state index in [1.165, 1.54) is 28.2 Å². The molecular weight excluding hydrogens is 501 g/mol. The maximum absolute atomic E-state index is 14.2. The Morgan fingerprint density at radius 1 is 1.08 bits per heavy atom. The molecule has 0 saturated carbocycles. The number of hydrogen-bond acceptors (Lipinski definition) is 7. The predicted octanol–water partition coefficient (Wildman–Crippen LogP) is 4.21. The Morgan fingerprint density at radius 2 is 1.86 bits per heavy atom. The maximum atomic E-state index is 14.2. The second-order valence-electron chi connectivity index (χ2n) is 8.57. The number of pyridine rings is 1. The summed E-state index contributed by atoms with van der Waals surface area (Å²) >= 11 is 1.37. The highest BCUT2D eigenvalue weighted by Gasteiger charge is 2.30. The van der Waals surface area contributed by atoms with Crippen molar-refractivity contribution < 1.29 is 17.9 Å². The third-order valence-electron chi connectivity index (χ3n) is 6.40. The highest BCUT2D eigenvalue weighted by atomic mass is 32.2. The predicted molar refractivity (Wildman–Crippen MR) is 135 cm³/mol. The Kier molecular flexibility index (Phi) is 5.79. The summed E-state index contributed by atoms with van der Waals surface area (Å²) in [6.07, 6.45) is 3.82. The largest absolute Gasteiger partial charge is 0.388 e. The minimum Gasteiger partial charge on any atom is -0.388 e. The maximum Gasteiger partial charge on any atom is 0.269 e. The number of aliphatic hydroxyl groups excluding tert-OH is 1. The molecule has 1 saturated heterocycles. The molecule has 2 aromatic carbocycles. The van der Waals surface area contributed by atoms with Gasteiger partial charge in [-0.05, 0) is 48.7 Å². The van der Waals surface area contributed by atoms with E-state index in [1.807, 2.05) is 10.6 Å². The quantitative estimate of drug-likeness (QED) is 0.333. The lowest BCUT2D eigenvalue weighted by Crippen LogP contribution is -2.17. The fourth-order valence-corrected chi connectivity index (χ4v) is 7.10. The Bertz CT molecular complexity index is 1680. The zero-order valence-corrected chi connectivity index (χ0v) is 20.7. The normalized spacial score (nSPS) is 16.9. The van der Waals surface area contributed by atoms with Gasteiger partial charge in [0.15, 0.2) is 5.65 Å². The molecule has 0 aliphatic carbocycles. The highest BCUT2D eigenvalue weighted by Crippen LogP contribution is 2.37. The zero-order valence-electron chi connectivity index (χ0n) is 19.0. The lowest BCUT2D eigenvalue weighted by atomic mass is 10.2. The van der Waals surface area contributed by atoms with Crippen LogP contribution in [0.2, 0.25) is 0 Å². The van der Waals surface area contributed by atoms with Crippen molar-refractivity contribution in [3.05, 3.63) is 84.7 Å². The summed E-state index contributed by atoms with van der Waals surface area (Å²) in [7, 11) is -3.84. The average molecular weight is 524 g/mol. The van der Waals surface area contributed by atoms with Crippen LogP contribution in [-0.4, -0.2) is 49.4 Å². The van der Waals surface area contributed by atoms with Gasteiger partial charge < -0.3 is 9.67 Å². The first-order valence-corrected chi connectivity index (χ1v) is 13.6. The van der Waals surface area contributed by atoms with Crippen molar-refractivity contribution >= 4 is 44.0 Å². The minimum atomic E-state index is -3.84. The molecule has 1 unspecified atom stereocenters. The van der Waals surface area contributed by atoms with E-state index >= 15 is 0 Å². The highest BCUT2D eigenvalue weighted by molar-refractivity contribution is 7.97. The summed E-state index contributed by atoms with van der Waals surface area (Å²) in [5.41, 5.74) is 1.61. The van der Waals surface area contributed by atoms with Gasteiger partial charge in [-0.25, -0.2) is 31.1 Å². The topological polar surface area (TPSA) is 93.2 Å². The van der Waals surface area contributed by atoms with Crippen molar-refractivity contribution in [2.24, 2.45) is 0 Å². The van der Waals surface area contributed by atoms with Crippen LogP contribution in [0, 0.1) is 5.82 Å². The number of benzene rings is 2. The van der Waals surface area contributed by atoms with Gasteiger partial charge in [0, 0.05) is 24.7 Å². The van der Waals surface area contributed by atoms with Crippen LogP contribution < -0.4 is 0 Å². The number of rotatable bonds is 6. The number of fused-ring (bicyclic) bond motifs is 3. The molecule has 1 aliphatic heterocycles. The van der Waals surface area contributed by atoms with Crippen molar-refractivity contribution in [3.8, 4) is 0 Å². The molecule has 4 heterocycles. The number of hydrogen-bond donors (Lipinski definition) is 1. The Labute approximate surface area is 211 Å². The lowest BCUT2D eigenvalue weighted by Gasteiger charge is -2.18. The van der Waals surface area contributed by atoms with Gasteiger partial charge in [0.1, 0.15) is 23.8 Å². The van der Waals surface area contributed by atoms with Crippen LogP contribution in [0.1, 0.15) is 18.3 Å². The lowest BCUT2D eigenvalue weighted by molar-refractivity contribution is 0.262. The molecule has 5 aromatic rings. The summed E-state index contributed by atoms with van der Waals surface area (Å²) < 4.78 is 46.1. The molecule has 0 amide bonds. The second-order valence-corrected chi connectivity index (χ2v) is 11.5. The van der Waals surface area contributed by atoms with E-state index in [2.05, 4.69) is 14.3 Å². The van der Waals surface area contributed by atoms with E-state index < -0.39 is 10.0 Å². The average Bonchev–Trinajstić information content (AvgIpc) is 3.62. The van der Waals surface area contributed by atoms with Gasteiger partial charge in [-0.1, -0.05) is 30.3 Å². The van der Waals surface area contributed by atoms with Gasteiger partial charge in [-0.3, -0.25) is 0 Å². The van der Waals surface area contributed by atoms with Crippen LogP contribution in [0.5, 0.6) is 0 Å². The molecule has 0 radical (unpaired) electrons. The van der Waals surface area contributed by atoms with Gasteiger partial charge >= 0.3 is 0 Å². The SMILES string of the molecule is O=S(=O)(c1ccccc1)n1ccc2c1ncc1nc(CO)n(C3CCN(Sc4ccccc4F)C3)c12. The molecule has 6 rings (SSSR count). The fraction of sp³-hybridized carbons (Fsp3) is 0.200. The van der Waals surface area contributed by atoms with Crippen LogP contribution in [0.25, 0.3) is 22.1 Å². The molecule has 184 valence electrons. The Balaban J connectivity index is 1.42. The summed E-state index contributed by atoms with van der Waals surface area (Å²) in [5.74, 6) is 0.226. The summed E-state index contributed by atoms with van der Waals surface area (Å²) in [4.78, 5) is 9.74. The first kappa shape index (κ1) is 23.2. The Hall–Kier alpha value is -3.25. The number of aliphatic hydroxyl groups is 1. The smallest absolute Gasteiger partial charge is 0.269 e. The van der Waals surface area contributed by atoms with Crippen molar-refractivity contribution in [2.45, 2.75) is 28.9 Å². The fourth-order valence-electron chi connectivity index (χ4n) is 4.76. The molecule has 36 heavy (non-hydrogen) atoms. The van der Waals surface area contributed by atoms with E-state index in [0.29, 0.717) is 33.8 Å². The van der Waals surface area contributed by atoms with Gasteiger partial charge in [0.05, 0.1) is 27.5 Å². The molecular formula is C25H22FN5O3S2. The molecule has 1 aliphatic rings. The van der Waals surface area contributed by atoms with Gasteiger partial charge in [-0.2, -0.15) is 0 Å². The molecule has 3 aromatic heterocycles. The summed E-state index contributed by atoms with van der Waals surface area (Å²) in [6, 6.07) is 16.6. The number of imidazole rings is 1. The Morgan fingerprint density at radius 3 is 2.64 bits per heavy atom. The van der Waals surface area contributed by atoms with Crippen molar-refractivity contribution in [3.63, 3.8) is 0 Å². The first-order valence-electron chi connectivity index (χ1n) is 11.4. The van der Waals surface area contributed by atoms with Crippen molar-refractivity contribution in [2.75, 3.05) is 13.1 Å². The van der Waals surface area contributed by atoms with Crippen LogP contribution >= 0.6 is 11.9 Å². The van der Waals surface area contributed by atoms with E-state index in [9.17, 15) is 17.9 Å². The van der Waals surface area contributed by atoms with Crippen LogP contribution in [0.15, 0.2) is 82.8 Å². The van der Waals surface area contributed by atoms with Crippen LogP contribution in [-0.2, 0) is 16.6 Å². The van der Waals surface area contributed by atoms with Gasteiger partial charge in [-0.15, -0.1) is 0 Å². The number of nitrogens with zero attached hydrogens (tertiary/aromatic N) is 5. The molecule has 11 heteroatoms. The first-order chi connectivity index (χ1) is 17.5. The van der Waals surface area contributed by atoms with Crippen LogP contribution in [0.3, 0.4) is 0 Å². The summed E-state index contributed by atoms with van der Waals surface area (Å²) in [5, 5.41) is 10.7. The third-order valence-corrected chi connectivity index (χ3v) is 9.20. The molecule has 1 fully saturated rings. The van der Waals surface area contributed by atoms with Crippen LogP contribution in [0.4, 0.5) is 4.39 Å². The van der Waals surface area contributed by atoms with Gasteiger partial charge in [0.2, 0.25) is 0 Å². The molecule has 0 spiro atoms. The third kappa shape index (κ3) is 3.79. The molecule has 1 atom stereocenters. The summed E-state index contributed by atoms with van der Waals surface area (Å²) in [6.45, 7) is 1.08. The van der Waals surface area contributed by atoms with E-state index in [4.69, 9.17) is 0 Å². The van der Waals surface area contributed by atoms with E-state index in [0.717, 1.165) is 18.5 Å². The monoisotopic (exact) mass is 523 g/mol. The zero-order chi connectivity index (χ0) is 24.9. The number of halogens is 1. The van der Waals surface area contributed by atoms with Gasteiger partial charge in [0.25, 0.3) is 10.0 Å². The van der Waals surface area contributed by atoms with E-state index in [1.54, 1.807) is 54.7 Å². The minimum absolute atomic E-state index is 0.0314.